The van der Waals surface area contributed by atoms with Crippen molar-refractivity contribution in [2.45, 2.75) is 46.2 Å². The molecule has 22 heavy (non-hydrogen) atoms. The van der Waals surface area contributed by atoms with Gasteiger partial charge in [0.25, 0.3) is 0 Å². The zero-order chi connectivity index (χ0) is 16.1. The van der Waals surface area contributed by atoms with Crippen LogP contribution < -0.4 is 9.80 Å². The van der Waals surface area contributed by atoms with Crippen LogP contribution in [0.15, 0.2) is 42.5 Å². The Labute approximate surface area is 134 Å². The first-order valence-electron chi connectivity index (χ1n) is 8.03. The third-order valence-corrected chi connectivity index (χ3v) is 4.79. The fourth-order valence-electron chi connectivity index (χ4n) is 3.22. The molecule has 116 valence electrons. The Bertz CT molecular complexity index is 697. The molecule has 0 radical (unpaired) electrons. The molecular weight excluding hydrogens is 268 g/mol. The molecule has 0 unspecified atom stereocenters. The summed E-state index contributed by atoms with van der Waals surface area (Å²) in [5.41, 5.74) is 6.80. The molecule has 0 amide bonds. The minimum atomic E-state index is 0.176. The summed E-state index contributed by atoms with van der Waals surface area (Å²) in [6.45, 7) is 11.3. The van der Waals surface area contributed by atoms with E-state index in [1.165, 1.54) is 28.2 Å². The van der Waals surface area contributed by atoms with Gasteiger partial charge in [0.1, 0.15) is 6.17 Å². The predicted molar refractivity (Wildman–Crippen MR) is 96.3 cm³/mol. The Balaban J connectivity index is 2.13. The molecule has 0 fully saturated rings. The van der Waals surface area contributed by atoms with Crippen molar-refractivity contribution in [1.29, 1.82) is 0 Å². The normalized spacial score (nSPS) is 17.8. The summed E-state index contributed by atoms with van der Waals surface area (Å²) < 4.78 is 0. The van der Waals surface area contributed by atoms with Gasteiger partial charge in [-0.3, -0.25) is 0 Å². The molecule has 0 saturated heterocycles. The Morgan fingerprint density at radius 1 is 0.909 bits per heavy atom. The molecule has 0 aromatic heterocycles. The predicted octanol–water partition coefficient (Wildman–Crippen LogP) is 5.23. The molecule has 2 aromatic rings. The molecular formula is C20H26N2. The number of hydrogen-bond acceptors (Lipinski definition) is 2. The average Bonchev–Trinajstić information content (AvgIpc) is 2.71. The summed E-state index contributed by atoms with van der Waals surface area (Å²) in [5.74, 6) is 0. The van der Waals surface area contributed by atoms with Gasteiger partial charge < -0.3 is 9.80 Å². The lowest BCUT2D eigenvalue weighted by Gasteiger charge is -2.28. The van der Waals surface area contributed by atoms with Crippen molar-refractivity contribution >= 4 is 17.1 Å². The van der Waals surface area contributed by atoms with Crippen LogP contribution in [0, 0.1) is 6.92 Å². The van der Waals surface area contributed by atoms with Crippen LogP contribution in [0.1, 0.15) is 38.8 Å². The minimum absolute atomic E-state index is 0.176. The van der Waals surface area contributed by atoms with E-state index in [-0.39, 0.29) is 5.41 Å². The maximum atomic E-state index is 2.44. The Morgan fingerprint density at radius 3 is 2.23 bits per heavy atom. The lowest BCUT2D eigenvalue weighted by molar-refractivity contribution is 0.590. The van der Waals surface area contributed by atoms with E-state index < -0.39 is 0 Å². The summed E-state index contributed by atoms with van der Waals surface area (Å²) >= 11 is 0. The second kappa shape index (κ2) is 5.05. The first-order chi connectivity index (χ1) is 10.3. The first-order valence-corrected chi connectivity index (χ1v) is 8.03. The Hall–Kier alpha value is -1.96. The van der Waals surface area contributed by atoms with Gasteiger partial charge in [-0.05, 0) is 48.6 Å². The van der Waals surface area contributed by atoms with Crippen molar-refractivity contribution < 1.29 is 0 Å². The molecule has 0 N–H and O–H groups in total. The highest BCUT2D eigenvalue weighted by molar-refractivity contribution is 5.84. The molecule has 1 heterocycles. The van der Waals surface area contributed by atoms with Gasteiger partial charge in [0.2, 0.25) is 0 Å². The summed E-state index contributed by atoms with van der Waals surface area (Å²) in [7, 11) is 2.19. The highest BCUT2D eigenvalue weighted by atomic mass is 15.4. The van der Waals surface area contributed by atoms with Crippen molar-refractivity contribution in [2.75, 3.05) is 16.8 Å². The Kier molecular flexibility index (Phi) is 3.43. The number of fused-ring (bicyclic) bond motifs is 1. The molecule has 2 aromatic carbocycles. The van der Waals surface area contributed by atoms with Gasteiger partial charge in [0.15, 0.2) is 0 Å². The third kappa shape index (κ3) is 2.27. The number of para-hydroxylation sites is 1. The molecule has 1 aliphatic heterocycles. The van der Waals surface area contributed by atoms with Crippen LogP contribution in [-0.2, 0) is 5.41 Å². The SMILES string of the molecule is Cc1ccccc1N1c2ccc(C(C)(C)C)cc2N(C)[C@@H]1C. The third-order valence-electron chi connectivity index (χ3n) is 4.79. The number of rotatable bonds is 1. The molecule has 3 rings (SSSR count). The fourth-order valence-corrected chi connectivity index (χ4v) is 3.22. The van der Waals surface area contributed by atoms with Crippen molar-refractivity contribution in [3.63, 3.8) is 0 Å². The molecule has 0 aliphatic carbocycles. The van der Waals surface area contributed by atoms with Gasteiger partial charge in [-0.1, -0.05) is 45.0 Å². The van der Waals surface area contributed by atoms with E-state index in [0.29, 0.717) is 6.17 Å². The van der Waals surface area contributed by atoms with Crippen molar-refractivity contribution in [2.24, 2.45) is 0 Å². The fraction of sp³-hybridized carbons (Fsp3) is 0.400. The zero-order valence-corrected chi connectivity index (χ0v) is 14.5. The number of benzene rings is 2. The van der Waals surface area contributed by atoms with Gasteiger partial charge >= 0.3 is 0 Å². The van der Waals surface area contributed by atoms with E-state index >= 15 is 0 Å². The standard InChI is InChI=1S/C20H26N2/c1-14-9-7-8-10-17(14)22-15(2)21(6)19-13-16(20(3,4)5)11-12-18(19)22/h7-13,15H,1-6H3/t15-/m0/s1. The number of anilines is 3. The monoisotopic (exact) mass is 294 g/mol. The summed E-state index contributed by atoms with van der Waals surface area (Å²) in [4.78, 5) is 4.81. The number of nitrogens with zero attached hydrogens (tertiary/aromatic N) is 2. The molecule has 2 heteroatoms. The quantitative estimate of drug-likeness (QED) is 0.711. The average molecular weight is 294 g/mol. The van der Waals surface area contributed by atoms with Crippen LogP contribution in [0.5, 0.6) is 0 Å². The largest absolute Gasteiger partial charge is 0.353 e. The van der Waals surface area contributed by atoms with Gasteiger partial charge in [-0.2, -0.15) is 0 Å². The van der Waals surface area contributed by atoms with Crippen molar-refractivity contribution in [3.05, 3.63) is 53.6 Å². The van der Waals surface area contributed by atoms with E-state index in [2.05, 4.69) is 93.9 Å². The summed E-state index contributed by atoms with van der Waals surface area (Å²) in [6, 6.07) is 15.5. The molecule has 0 spiro atoms. The van der Waals surface area contributed by atoms with Gasteiger partial charge in [-0.25, -0.2) is 0 Å². The highest BCUT2D eigenvalue weighted by Crippen LogP contribution is 2.45. The van der Waals surface area contributed by atoms with Crippen LogP contribution in [0.25, 0.3) is 0 Å². The maximum Gasteiger partial charge on any atom is 0.103 e. The van der Waals surface area contributed by atoms with Crippen LogP contribution in [0.3, 0.4) is 0 Å². The van der Waals surface area contributed by atoms with E-state index in [1.54, 1.807) is 0 Å². The van der Waals surface area contributed by atoms with Crippen molar-refractivity contribution in [1.82, 2.24) is 0 Å². The second-order valence-electron chi connectivity index (χ2n) is 7.35. The summed E-state index contributed by atoms with van der Waals surface area (Å²) in [5, 5.41) is 0. The smallest absolute Gasteiger partial charge is 0.103 e. The number of hydrogen-bond donors (Lipinski definition) is 0. The zero-order valence-electron chi connectivity index (χ0n) is 14.5. The molecule has 1 atom stereocenters. The van der Waals surface area contributed by atoms with Crippen LogP contribution >= 0.6 is 0 Å². The molecule has 2 nitrogen and oxygen atoms in total. The first kappa shape index (κ1) is 15.0. The lowest BCUT2D eigenvalue weighted by Crippen LogP contribution is -2.35. The van der Waals surface area contributed by atoms with Gasteiger partial charge in [0, 0.05) is 12.7 Å². The van der Waals surface area contributed by atoms with E-state index in [1.807, 2.05) is 0 Å². The van der Waals surface area contributed by atoms with Crippen LogP contribution in [0.4, 0.5) is 17.1 Å². The van der Waals surface area contributed by atoms with E-state index in [4.69, 9.17) is 0 Å². The van der Waals surface area contributed by atoms with E-state index in [0.717, 1.165) is 0 Å². The topological polar surface area (TPSA) is 6.48 Å². The molecule has 1 aliphatic rings. The minimum Gasteiger partial charge on any atom is -0.353 e. The number of aryl methyl sites for hydroxylation is 1. The van der Waals surface area contributed by atoms with Gasteiger partial charge in [-0.15, -0.1) is 0 Å². The second-order valence-corrected chi connectivity index (χ2v) is 7.35. The van der Waals surface area contributed by atoms with Crippen LogP contribution in [0.2, 0.25) is 0 Å². The van der Waals surface area contributed by atoms with E-state index in [9.17, 15) is 0 Å². The molecule has 0 saturated carbocycles. The van der Waals surface area contributed by atoms with Crippen molar-refractivity contribution in [3.8, 4) is 0 Å². The summed E-state index contributed by atoms with van der Waals surface area (Å²) in [6.07, 6.45) is 0.325. The Morgan fingerprint density at radius 2 is 1.59 bits per heavy atom. The highest BCUT2D eigenvalue weighted by Gasteiger charge is 2.33. The maximum absolute atomic E-state index is 2.44. The lowest BCUT2D eigenvalue weighted by atomic mass is 9.86. The van der Waals surface area contributed by atoms with Crippen LogP contribution in [-0.4, -0.2) is 13.2 Å². The van der Waals surface area contributed by atoms with Gasteiger partial charge in [0.05, 0.1) is 11.4 Å². The molecule has 0 bridgehead atoms.